The SMILES string of the molecule is Cc1cccc(-c2ccc(N(C)C)nc2)c1. The Bertz CT molecular complexity index is 472. The number of benzene rings is 1. The molecule has 0 saturated carbocycles. The number of hydrogen-bond acceptors (Lipinski definition) is 2. The maximum Gasteiger partial charge on any atom is 0.127 e. The molecule has 0 amide bonds. The molecule has 0 aliphatic carbocycles. The molecule has 0 fully saturated rings. The topological polar surface area (TPSA) is 16.1 Å². The number of aromatic nitrogens is 1. The molecule has 16 heavy (non-hydrogen) atoms. The smallest absolute Gasteiger partial charge is 0.127 e. The lowest BCUT2D eigenvalue weighted by Gasteiger charge is -2.11. The summed E-state index contributed by atoms with van der Waals surface area (Å²) < 4.78 is 0. The first kappa shape index (κ1) is 10.7. The van der Waals surface area contributed by atoms with Crippen molar-refractivity contribution in [2.24, 2.45) is 0 Å². The van der Waals surface area contributed by atoms with Crippen LogP contribution in [0.2, 0.25) is 0 Å². The van der Waals surface area contributed by atoms with Crippen LogP contribution in [-0.2, 0) is 0 Å². The molecule has 0 aliphatic heterocycles. The van der Waals surface area contributed by atoms with Crippen molar-refractivity contribution in [3.63, 3.8) is 0 Å². The van der Waals surface area contributed by atoms with E-state index < -0.39 is 0 Å². The minimum atomic E-state index is 0.983. The fraction of sp³-hybridized carbons (Fsp3) is 0.214. The fourth-order valence-electron chi connectivity index (χ4n) is 1.65. The van der Waals surface area contributed by atoms with Gasteiger partial charge in [0.05, 0.1) is 0 Å². The van der Waals surface area contributed by atoms with Crippen LogP contribution in [0.15, 0.2) is 42.6 Å². The van der Waals surface area contributed by atoms with E-state index in [4.69, 9.17) is 0 Å². The molecule has 0 unspecified atom stereocenters. The Balaban J connectivity index is 2.35. The third-order valence-corrected chi connectivity index (χ3v) is 2.56. The first-order chi connectivity index (χ1) is 7.66. The van der Waals surface area contributed by atoms with E-state index in [-0.39, 0.29) is 0 Å². The number of aryl methyl sites for hydroxylation is 1. The molecule has 0 bridgehead atoms. The minimum absolute atomic E-state index is 0.983. The summed E-state index contributed by atoms with van der Waals surface area (Å²) in [5.41, 5.74) is 3.65. The molecule has 1 aromatic heterocycles. The summed E-state index contributed by atoms with van der Waals surface area (Å²) in [5, 5.41) is 0. The normalized spacial score (nSPS) is 10.2. The summed E-state index contributed by atoms with van der Waals surface area (Å²) in [7, 11) is 3.99. The molecule has 2 nitrogen and oxygen atoms in total. The van der Waals surface area contributed by atoms with Gasteiger partial charge < -0.3 is 4.90 Å². The van der Waals surface area contributed by atoms with E-state index in [9.17, 15) is 0 Å². The van der Waals surface area contributed by atoms with Gasteiger partial charge in [-0.05, 0) is 24.6 Å². The molecule has 0 atom stereocenters. The molecule has 2 heteroatoms. The van der Waals surface area contributed by atoms with E-state index in [0.717, 1.165) is 11.4 Å². The van der Waals surface area contributed by atoms with Crippen molar-refractivity contribution in [2.75, 3.05) is 19.0 Å². The van der Waals surface area contributed by atoms with Crippen LogP contribution in [0, 0.1) is 6.92 Å². The summed E-state index contributed by atoms with van der Waals surface area (Å²) in [6.07, 6.45) is 1.92. The number of anilines is 1. The minimum Gasteiger partial charge on any atom is -0.363 e. The highest BCUT2D eigenvalue weighted by Gasteiger charge is 2.00. The van der Waals surface area contributed by atoms with Gasteiger partial charge in [-0.15, -0.1) is 0 Å². The highest BCUT2D eigenvalue weighted by molar-refractivity contribution is 5.64. The zero-order chi connectivity index (χ0) is 11.5. The lowest BCUT2D eigenvalue weighted by Crippen LogP contribution is -2.09. The van der Waals surface area contributed by atoms with Crippen LogP contribution in [0.3, 0.4) is 0 Å². The second-order valence-corrected chi connectivity index (χ2v) is 4.17. The molecular weight excluding hydrogens is 196 g/mol. The number of rotatable bonds is 2. The van der Waals surface area contributed by atoms with Gasteiger partial charge in [-0.25, -0.2) is 4.98 Å². The molecule has 82 valence electrons. The van der Waals surface area contributed by atoms with Crippen molar-refractivity contribution >= 4 is 5.82 Å². The van der Waals surface area contributed by atoms with Gasteiger partial charge in [0, 0.05) is 25.9 Å². The lowest BCUT2D eigenvalue weighted by molar-refractivity contribution is 1.07. The highest BCUT2D eigenvalue weighted by Crippen LogP contribution is 2.20. The molecule has 0 radical (unpaired) electrons. The van der Waals surface area contributed by atoms with Gasteiger partial charge in [-0.3, -0.25) is 0 Å². The molecule has 0 saturated heterocycles. The fourth-order valence-corrected chi connectivity index (χ4v) is 1.65. The van der Waals surface area contributed by atoms with Crippen molar-refractivity contribution in [1.29, 1.82) is 0 Å². The van der Waals surface area contributed by atoms with Crippen molar-refractivity contribution in [2.45, 2.75) is 6.92 Å². The van der Waals surface area contributed by atoms with E-state index in [1.807, 2.05) is 31.3 Å². The van der Waals surface area contributed by atoms with Crippen molar-refractivity contribution in [1.82, 2.24) is 4.98 Å². The summed E-state index contributed by atoms with van der Waals surface area (Å²) in [5.74, 6) is 0.983. The maximum absolute atomic E-state index is 4.41. The van der Waals surface area contributed by atoms with Gasteiger partial charge in [0.25, 0.3) is 0 Å². The Hall–Kier alpha value is -1.83. The molecule has 2 rings (SSSR count). The zero-order valence-corrected chi connectivity index (χ0v) is 9.94. The van der Waals surface area contributed by atoms with Gasteiger partial charge in [-0.2, -0.15) is 0 Å². The van der Waals surface area contributed by atoms with E-state index >= 15 is 0 Å². The Morgan fingerprint density at radius 3 is 2.38 bits per heavy atom. The Morgan fingerprint density at radius 2 is 1.81 bits per heavy atom. The van der Waals surface area contributed by atoms with Gasteiger partial charge in [-0.1, -0.05) is 29.8 Å². The lowest BCUT2D eigenvalue weighted by atomic mass is 10.1. The van der Waals surface area contributed by atoms with Crippen LogP contribution >= 0.6 is 0 Å². The van der Waals surface area contributed by atoms with Gasteiger partial charge in [0.1, 0.15) is 5.82 Å². The first-order valence-electron chi connectivity index (χ1n) is 5.37. The molecule has 0 N–H and O–H groups in total. The average Bonchev–Trinajstić information content (AvgIpc) is 2.29. The number of hydrogen-bond donors (Lipinski definition) is 0. The number of nitrogens with zero attached hydrogens (tertiary/aromatic N) is 2. The van der Waals surface area contributed by atoms with Crippen LogP contribution in [0.25, 0.3) is 11.1 Å². The monoisotopic (exact) mass is 212 g/mol. The van der Waals surface area contributed by atoms with Gasteiger partial charge in [0.2, 0.25) is 0 Å². The third-order valence-electron chi connectivity index (χ3n) is 2.56. The quantitative estimate of drug-likeness (QED) is 0.760. The molecule has 1 heterocycles. The molecule has 0 spiro atoms. The van der Waals surface area contributed by atoms with Crippen molar-refractivity contribution < 1.29 is 0 Å². The van der Waals surface area contributed by atoms with Crippen LogP contribution in [0.5, 0.6) is 0 Å². The van der Waals surface area contributed by atoms with Gasteiger partial charge in [0.15, 0.2) is 0 Å². The van der Waals surface area contributed by atoms with Crippen LogP contribution in [0.1, 0.15) is 5.56 Å². The number of pyridine rings is 1. The predicted molar refractivity (Wildman–Crippen MR) is 68.7 cm³/mol. The second kappa shape index (κ2) is 4.35. The zero-order valence-electron chi connectivity index (χ0n) is 9.94. The van der Waals surface area contributed by atoms with Crippen LogP contribution < -0.4 is 4.90 Å². The summed E-state index contributed by atoms with van der Waals surface area (Å²) in [6.45, 7) is 2.10. The van der Waals surface area contributed by atoms with E-state index in [0.29, 0.717) is 0 Å². The molecular formula is C14H16N2. The Kier molecular flexibility index (Phi) is 2.91. The summed E-state index contributed by atoms with van der Waals surface area (Å²) >= 11 is 0. The van der Waals surface area contributed by atoms with E-state index in [2.05, 4.69) is 42.2 Å². The molecule has 1 aromatic carbocycles. The van der Waals surface area contributed by atoms with Gasteiger partial charge >= 0.3 is 0 Å². The van der Waals surface area contributed by atoms with Crippen molar-refractivity contribution in [3.8, 4) is 11.1 Å². The van der Waals surface area contributed by atoms with E-state index in [1.165, 1.54) is 11.1 Å². The summed E-state index contributed by atoms with van der Waals surface area (Å²) in [4.78, 5) is 6.41. The molecule has 0 aliphatic rings. The summed E-state index contributed by atoms with van der Waals surface area (Å²) in [6, 6.07) is 12.6. The Morgan fingerprint density at radius 1 is 1.00 bits per heavy atom. The molecule has 2 aromatic rings. The standard InChI is InChI=1S/C14H16N2/c1-11-5-4-6-12(9-11)13-7-8-14(15-10-13)16(2)3/h4-10H,1-3H3. The largest absolute Gasteiger partial charge is 0.363 e. The van der Waals surface area contributed by atoms with Crippen molar-refractivity contribution in [3.05, 3.63) is 48.2 Å². The maximum atomic E-state index is 4.41. The second-order valence-electron chi connectivity index (χ2n) is 4.17. The third kappa shape index (κ3) is 2.22. The predicted octanol–water partition coefficient (Wildman–Crippen LogP) is 3.12. The Labute approximate surface area is 96.6 Å². The van der Waals surface area contributed by atoms with Crippen LogP contribution in [-0.4, -0.2) is 19.1 Å². The average molecular weight is 212 g/mol. The first-order valence-corrected chi connectivity index (χ1v) is 5.37. The van der Waals surface area contributed by atoms with Crippen LogP contribution in [0.4, 0.5) is 5.82 Å². The van der Waals surface area contributed by atoms with E-state index in [1.54, 1.807) is 0 Å². The highest BCUT2D eigenvalue weighted by atomic mass is 15.1.